The van der Waals surface area contributed by atoms with Crippen LogP contribution in [0.5, 0.6) is 5.75 Å². The van der Waals surface area contributed by atoms with E-state index in [9.17, 15) is 4.79 Å². The maximum atomic E-state index is 10.9. The van der Waals surface area contributed by atoms with Gasteiger partial charge in [0.25, 0.3) is 0 Å². The van der Waals surface area contributed by atoms with Crippen molar-refractivity contribution in [3.05, 3.63) is 59.4 Å². The minimum Gasteiger partial charge on any atom is -0.493 e. The highest BCUT2D eigenvalue weighted by Gasteiger charge is 2.13. The first kappa shape index (κ1) is 18.0. The van der Waals surface area contributed by atoms with Crippen LogP contribution in [0.15, 0.2) is 42.6 Å². The molecule has 1 aromatic carbocycles. The number of aliphatic carboxylic acids is 1. The summed E-state index contributed by atoms with van der Waals surface area (Å²) in [5.74, 6) is 0.0932. The fourth-order valence-corrected chi connectivity index (χ4v) is 2.63. The number of carboxylic acids is 1. The summed E-state index contributed by atoms with van der Waals surface area (Å²) >= 11 is 0. The maximum Gasteiger partial charge on any atom is 0.303 e. The minimum absolute atomic E-state index is 0.0535. The van der Waals surface area contributed by atoms with Gasteiger partial charge >= 0.3 is 5.97 Å². The van der Waals surface area contributed by atoms with E-state index < -0.39 is 5.97 Å². The summed E-state index contributed by atoms with van der Waals surface area (Å²) in [4.78, 5) is 15.3. The molecule has 0 bridgehead atoms. The molecule has 1 N–H and O–H groups in total. The Bertz CT molecular complexity index is 635. The summed E-state index contributed by atoms with van der Waals surface area (Å²) in [6.07, 6.45) is 4.65. The van der Waals surface area contributed by atoms with E-state index in [1.54, 1.807) is 0 Å². The van der Waals surface area contributed by atoms with Crippen LogP contribution in [0.4, 0.5) is 0 Å². The van der Waals surface area contributed by atoms with Crippen molar-refractivity contribution in [2.45, 2.75) is 45.4 Å². The Kier molecular flexibility index (Phi) is 6.79. The molecule has 0 fully saturated rings. The van der Waals surface area contributed by atoms with Crippen molar-refractivity contribution in [1.82, 2.24) is 4.98 Å². The molecule has 2 rings (SSSR count). The SMILES string of the molecule is CCc1ccc(CCOc2ccc(C(CC)CC(=O)O)cc2)nc1. The second-order valence-electron chi connectivity index (χ2n) is 5.88. The summed E-state index contributed by atoms with van der Waals surface area (Å²) in [6, 6.07) is 11.9. The van der Waals surface area contributed by atoms with Crippen molar-refractivity contribution >= 4 is 5.97 Å². The molecule has 1 heterocycles. The molecule has 4 heteroatoms. The van der Waals surface area contributed by atoms with Gasteiger partial charge in [0.1, 0.15) is 5.75 Å². The topological polar surface area (TPSA) is 59.4 Å². The molecule has 0 aliphatic rings. The standard InChI is InChI=1S/C20H25NO3/c1-3-15-5-8-18(21-14-15)11-12-24-19-9-6-17(7-10-19)16(4-2)13-20(22)23/h5-10,14,16H,3-4,11-13H2,1-2H3,(H,22,23). The third-order valence-electron chi connectivity index (χ3n) is 4.19. The molecule has 24 heavy (non-hydrogen) atoms. The van der Waals surface area contributed by atoms with E-state index in [1.165, 1.54) is 5.56 Å². The average molecular weight is 327 g/mol. The zero-order chi connectivity index (χ0) is 17.4. The summed E-state index contributed by atoms with van der Waals surface area (Å²) in [5.41, 5.74) is 3.31. The number of benzene rings is 1. The molecule has 2 aromatic rings. The molecule has 0 radical (unpaired) electrons. The van der Waals surface area contributed by atoms with E-state index in [1.807, 2.05) is 43.5 Å². The van der Waals surface area contributed by atoms with Crippen molar-refractivity contribution in [1.29, 1.82) is 0 Å². The van der Waals surface area contributed by atoms with Crippen molar-refractivity contribution < 1.29 is 14.6 Å². The van der Waals surface area contributed by atoms with Gasteiger partial charge in [-0.05, 0) is 48.1 Å². The number of hydrogen-bond acceptors (Lipinski definition) is 3. The number of carboxylic acid groups (broad SMARTS) is 1. The van der Waals surface area contributed by atoms with E-state index >= 15 is 0 Å². The molecule has 4 nitrogen and oxygen atoms in total. The third-order valence-corrected chi connectivity index (χ3v) is 4.19. The largest absolute Gasteiger partial charge is 0.493 e. The lowest BCUT2D eigenvalue weighted by Gasteiger charge is -2.13. The van der Waals surface area contributed by atoms with Gasteiger partial charge in [-0.1, -0.05) is 32.0 Å². The number of ether oxygens (including phenoxy) is 1. The molecule has 0 amide bonds. The minimum atomic E-state index is -0.760. The number of nitrogens with zero attached hydrogens (tertiary/aromatic N) is 1. The predicted octanol–water partition coefficient (Wildman–Crippen LogP) is 4.23. The normalized spacial score (nSPS) is 11.9. The Balaban J connectivity index is 1.85. The van der Waals surface area contributed by atoms with Crippen LogP contribution in [-0.2, 0) is 17.6 Å². The zero-order valence-electron chi connectivity index (χ0n) is 14.4. The molecule has 1 unspecified atom stereocenters. The van der Waals surface area contributed by atoms with Crippen LogP contribution in [-0.4, -0.2) is 22.7 Å². The first-order valence-electron chi connectivity index (χ1n) is 8.50. The molecule has 1 aromatic heterocycles. The first-order chi connectivity index (χ1) is 11.6. The highest BCUT2D eigenvalue weighted by Crippen LogP contribution is 2.25. The highest BCUT2D eigenvalue weighted by atomic mass is 16.5. The Hall–Kier alpha value is -2.36. The molecular formula is C20H25NO3. The molecule has 1 atom stereocenters. The number of aryl methyl sites for hydroxylation is 1. The van der Waals surface area contributed by atoms with Gasteiger partial charge in [0, 0.05) is 18.3 Å². The van der Waals surface area contributed by atoms with Crippen LogP contribution in [0, 0.1) is 0 Å². The average Bonchev–Trinajstić information content (AvgIpc) is 2.61. The Morgan fingerprint density at radius 2 is 1.92 bits per heavy atom. The number of pyridine rings is 1. The Labute approximate surface area is 143 Å². The van der Waals surface area contributed by atoms with Gasteiger partial charge in [-0.2, -0.15) is 0 Å². The quantitative estimate of drug-likeness (QED) is 0.748. The monoisotopic (exact) mass is 327 g/mol. The predicted molar refractivity (Wildman–Crippen MR) is 94.5 cm³/mol. The molecule has 0 saturated carbocycles. The van der Waals surface area contributed by atoms with Crippen LogP contribution in [0.1, 0.15) is 49.4 Å². The maximum absolute atomic E-state index is 10.9. The van der Waals surface area contributed by atoms with Gasteiger partial charge in [-0.3, -0.25) is 9.78 Å². The first-order valence-corrected chi connectivity index (χ1v) is 8.50. The number of rotatable bonds is 9. The van der Waals surface area contributed by atoms with Gasteiger partial charge in [0.05, 0.1) is 13.0 Å². The van der Waals surface area contributed by atoms with E-state index in [0.717, 1.165) is 36.3 Å². The number of aromatic nitrogens is 1. The Morgan fingerprint density at radius 3 is 2.46 bits per heavy atom. The summed E-state index contributed by atoms with van der Waals surface area (Å²) in [5, 5.41) is 8.96. The molecule has 0 aliphatic carbocycles. The molecule has 128 valence electrons. The second kappa shape index (κ2) is 9.06. The summed E-state index contributed by atoms with van der Waals surface area (Å²) in [6.45, 7) is 4.70. The van der Waals surface area contributed by atoms with Gasteiger partial charge < -0.3 is 9.84 Å². The zero-order valence-corrected chi connectivity index (χ0v) is 14.4. The lowest BCUT2D eigenvalue weighted by molar-refractivity contribution is -0.137. The fraction of sp³-hybridized carbons (Fsp3) is 0.400. The molecule has 0 aliphatic heterocycles. The van der Waals surface area contributed by atoms with Crippen molar-refractivity contribution in [3.8, 4) is 5.75 Å². The van der Waals surface area contributed by atoms with Crippen molar-refractivity contribution in [2.75, 3.05) is 6.61 Å². The molecule has 0 spiro atoms. The fourth-order valence-electron chi connectivity index (χ4n) is 2.63. The van der Waals surface area contributed by atoms with Gasteiger partial charge in [-0.25, -0.2) is 0 Å². The lowest BCUT2D eigenvalue weighted by atomic mass is 9.93. The third kappa shape index (κ3) is 5.37. The van der Waals surface area contributed by atoms with Crippen LogP contribution in [0.3, 0.4) is 0 Å². The van der Waals surface area contributed by atoms with E-state index in [2.05, 4.69) is 18.0 Å². The smallest absolute Gasteiger partial charge is 0.303 e. The van der Waals surface area contributed by atoms with Gasteiger partial charge in [-0.15, -0.1) is 0 Å². The molecular weight excluding hydrogens is 302 g/mol. The van der Waals surface area contributed by atoms with Crippen molar-refractivity contribution in [2.24, 2.45) is 0 Å². The summed E-state index contributed by atoms with van der Waals surface area (Å²) in [7, 11) is 0. The van der Waals surface area contributed by atoms with Crippen molar-refractivity contribution in [3.63, 3.8) is 0 Å². The van der Waals surface area contributed by atoms with E-state index in [0.29, 0.717) is 6.61 Å². The number of hydrogen-bond donors (Lipinski definition) is 1. The van der Waals surface area contributed by atoms with Gasteiger partial charge in [0.15, 0.2) is 0 Å². The lowest BCUT2D eigenvalue weighted by Crippen LogP contribution is -2.06. The van der Waals surface area contributed by atoms with Crippen LogP contribution < -0.4 is 4.74 Å². The van der Waals surface area contributed by atoms with Crippen LogP contribution >= 0.6 is 0 Å². The van der Waals surface area contributed by atoms with E-state index in [-0.39, 0.29) is 12.3 Å². The number of carbonyl (C=O) groups is 1. The Morgan fingerprint density at radius 1 is 1.17 bits per heavy atom. The summed E-state index contributed by atoms with van der Waals surface area (Å²) < 4.78 is 5.76. The highest BCUT2D eigenvalue weighted by molar-refractivity contribution is 5.68. The van der Waals surface area contributed by atoms with Crippen LogP contribution in [0.25, 0.3) is 0 Å². The van der Waals surface area contributed by atoms with E-state index in [4.69, 9.17) is 9.84 Å². The second-order valence-corrected chi connectivity index (χ2v) is 5.88. The molecule has 0 saturated heterocycles. The van der Waals surface area contributed by atoms with Gasteiger partial charge in [0.2, 0.25) is 0 Å². The van der Waals surface area contributed by atoms with Crippen LogP contribution in [0.2, 0.25) is 0 Å².